The van der Waals surface area contributed by atoms with Gasteiger partial charge in [-0.15, -0.1) is 0 Å². The summed E-state index contributed by atoms with van der Waals surface area (Å²) in [5.41, 5.74) is 1.39. The molecule has 0 bridgehead atoms. The number of ketones is 1. The Morgan fingerprint density at radius 2 is 1.88 bits per heavy atom. The molecule has 134 valence electrons. The van der Waals surface area contributed by atoms with E-state index in [-0.39, 0.29) is 34.1 Å². The van der Waals surface area contributed by atoms with Crippen LogP contribution in [0.1, 0.15) is 59.8 Å². The van der Waals surface area contributed by atoms with Gasteiger partial charge < -0.3 is 9.47 Å². The molecule has 0 amide bonds. The first-order valence-electron chi connectivity index (χ1n) is 9.84. The minimum Gasteiger partial charge on any atom is -0.451 e. The Bertz CT molecular complexity index is 794. The van der Waals surface area contributed by atoms with Crippen molar-refractivity contribution in [1.82, 2.24) is 0 Å². The molecular weight excluding hydrogens is 316 g/mol. The number of Topliss-reactive ketones (excluding diaryl/α,β-unsaturated/α-hetero) is 1. The Morgan fingerprint density at radius 3 is 2.64 bits per heavy atom. The van der Waals surface area contributed by atoms with Crippen LogP contribution >= 0.6 is 0 Å². The summed E-state index contributed by atoms with van der Waals surface area (Å²) in [7, 11) is 0. The van der Waals surface area contributed by atoms with E-state index in [4.69, 9.17) is 9.47 Å². The lowest BCUT2D eigenvalue weighted by molar-refractivity contribution is -0.158. The molecule has 4 heteroatoms. The van der Waals surface area contributed by atoms with Gasteiger partial charge in [0, 0.05) is 34.8 Å². The van der Waals surface area contributed by atoms with Gasteiger partial charge >= 0.3 is 5.97 Å². The monoisotopic (exact) mass is 342 g/mol. The second-order valence-corrected chi connectivity index (χ2v) is 10.3. The smallest absolute Gasteiger partial charge is 0.334 e. The average molecular weight is 342 g/mol. The fourth-order valence-electron chi connectivity index (χ4n) is 7.98. The van der Waals surface area contributed by atoms with Gasteiger partial charge in [0.1, 0.15) is 23.1 Å². The van der Waals surface area contributed by atoms with Crippen LogP contribution in [0.25, 0.3) is 0 Å². The van der Waals surface area contributed by atoms with E-state index in [1.807, 2.05) is 6.92 Å². The van der Waals surface area contributed by atoms with Gasteiger partial charge in [-0.3, -0.25) is 4.79 Å². The predicted molar refractivity (Wildman–Crippen MR) is 89.6 cm³/mol. The van der Waals surface area contributed by atoms with Crippen LogP contribution in [-0.4, -0.2) is 29.1 Å². The molecule has 1 saturated heterocycles. The molecule has 2 aliphatic heterocycles. The molecule has 6 rings (SSSR count). The van der Waals surface area contributed by atoms with Crippen molar-refractivity contribution in [2.75, 3.05) is 0 Å². The summed E-state index contributed by atoms with van der Waals surface area (Å²) in [6, 6.07) is 0. The van der Waals surface area contributed by atoms with Crippen LogP contribution in [-0.2, 0) is 19.1 Å². The second kappa shape index (κ2) is 3.76. The minimum absolute atomic E-state index is 0.0845. The molecule has 2 spiro atoms. The molecule has 2 unspecified atom stereocenters. The lowest BCUT2D eigenvalue weighted by atomic mass is 9.43. The molecule has 0 aromatic heterocycles. The van der Waals surface area contributed by atoms with Crippen molar-refractivity contribution < 1.29 is 19.1 Å². The average Bonchev–Trinajstić information content (AvgIpc) is 3.39. The number of esters is 1. The van der Waals surface area contributed by atoms with E-state index < -0.39 is 0 Å². The third-order valence-electron chi connectivity index (χ3n) is 9.13. The standard InChI is InChI=1S/C21H26O4/c1-10-14-16-20(24-16)8-5-12-18(2,3)13(22)6-7-19(12,4)15(20)11-9-21(11,14)25-17(10)23/h11-12,15-16H,5-9H2,1-4H3/t11?,12-,15+,16-,19-,20+,21?/m1/s1. The highest BCUT2D eigenvalue weighted by atomic mass is 16.6. The highest BCUT2D eigenvalue weighted by Gasteiger charge is 2.86. The Labute approximate surface area is 148 Å². The molecule has 4 aliphatic carbocycles. The number of hydrogen-bond donors (Lipinski definition) is 0. The molecule has 5 fully saturated rings. The van der Waals surface area contributed by atoms with Gasteiger partial charge in [0.05, 0.1) is 0 Å². The maximum absolute atomic E-state index is 12.6. The molecule has 2 heterocycles. The maximum Gasteiger partial charge on any atom is 0.334 e. The van der Waals surface area contributed by atoms with E-state index in [9.17, 15) is 9.59 Å². The summed E-state index contributed by atoms with van der Waals surface area (Å²) in [5, 5.41) is 0. The van der Waals surface area contributed by atoms with E-state index in [0.717, 1.165) is 31.3 Å². The first-order valence-corrected chi connectivity index (χ1v) is 9.84. The lowest BCUT2D eigenvalue weighted by Crippen LogP contribution is -2.60. The fourth-order valence-corrected chi connectivity index (χ4v) is 7.98. The van der Waals surface area contributed by atoms with Crippen LogP contribution < -0.4 is 0 Å². The van der Waals surface area contributed by atoms with Crippen molar-refractivity contribution >= 4 is 11.8 Å². The first kappa shape index (κ1) is 15.0. The van der Waals surface area contributed by atoms with Crippen molar-refractivity contribution in [3.05, 3.63) is 11.1 Å². The predicted octanol–water partition coefficient (Wildman–Crippen LogP) is 3.19. The number of hydrogen-bond acceptors (Lipinski definition) is 4. The zero-order chi connectivity index (χ0) is 17.6. The van der Waals surface area contributed by atoms with Crippen LogP contribution in [0.4, 0.5) is 0 Å². The summed E-state index contributed by atoms with van der Waals surface area (Å²) in [5.74, 6) is 1.49. The van der Waals surface area contributed by atoms with E-state index in [1.165, 1.54) is 5.57 Å². The van der Waals surface area contributed by atoms with E-state index in [0.29, 0.717) is 30.0 Å². The molecule has 0 radical (unpaired) electrons. The summed E-state index contributed by atoms with van der Waals surface area (Å²) < 4.78 is 12.4. The van der Waals surface area contributed by atoms with Crippen molar-refractivity contribution in [3.8, 4) is 0 Å². The van der Waals surface area contributed by atoms with Crippen molar-refractivity contribution in [1.29, 1.82) is 0 Å². The summed E-state index contributed by atoms with van der Waals surface area (Å²) in [6.45, 7) is 8.61. The molecule has 25 heavy (non-hydrogen) atoms. The van der Waals surface area contributed by atoms with Gasteiger partial charge in [-0.25, -0.2) is 4.79 Å². The molecule has 4 nitrogen and oxygen atoms in total. The quantitative estimate of drug-likeness (QED) is 0.501. The zero-order valence-corrected chi connectivity index (χ0v) is 15.5. The van der Waals surface area contributed by atoms with Crippen molar-refractivity contribution in [2.24, 2.45) is 28.6 Å². The Morgan fingerprint density at radius 1 is 1.12 bits per heavy atom. The van der Waals surface area contributed by atoms with Crippen LogP contribution in [0.3, 0.4) is 0 Å². The van der Waals surface area contributed by atoms with Gasteiger partial charge in [-0.2, -0.15) is 0 Å². The number of rotatable bonds is 0. The number of epoxide rings is 1. The van der Waals surface area contributed by atoms with Gasteiger partial charge in [-0.05, 0) is 43.9 Å². The Hall–Kier alpha value is -1.16. The SMILES string of the molecule is CC1=C2[C@H]3O[C@]34CC[C@@H]3C(C)(C)C(=O)CC[C@@]3(C)[C@@H]4C3CC23OC1=O. The van der Waals surface area contributed by atoms with Gasteiger partial charge in [0.2, 0.25) is 0 Å². The molecule has 4 saturated carbocycles. The Balaban J connectivity index is 1.49. The maximum atomic E-state index is 12.6. The van der Waals surface area contributed by atoms with E-state index >= 15 is 0 Å². The number of fused-ring (bicyclic) bond motifs is 4. The molecule has 0 N–H and O–H groups in total. The van der Waals surface area contributed by atoms with E-state index in [1.54, 1.807) is 0 Å². The molecule has 6 aliphatic rings. The number of carbonyl (C=O) groups is 2. The van der Waals surface area contributed by atoms with Gasteiger partial charge in [-0.1, -0.05) is 20.8 Å². The van der Waals surface area contributed by atoms with Crippen LogP contribution in [0.5, 0.6) is 0 Å². The summed E-state index contributed by atoms with van der Waals surface area (Å²) in [6.07, 6.45) is 4.77. The van der Waals surface area contributed by atoms with Crippen LogP contribution in [0.2, 0.25) is 0 Å². The fraction of sp³-hybridized carbons (Fsp3) is 0.810. The second-order valence-electron chi connectivity index (χ2n) is 10.3. The van der Waals surface area contributed by atoms with Gasteiger partial charge in [0.15, 0.2) is 0 Å². The summed E-state index contributed by atoms with van der Waals surface area (Å²) in [4.78, 5) is 24.9. The highest BCUT2D eigenvalue weighted by molar-refractivity contribution is 5.94. The van der Waals surface area contributed by atoms with Crippen molar-refractivity contribution in [3.63, 3.8) is 0 Å². The normalized spacial score (nSPS) is 57.0. The van der Waals surface area contributed by atoms with Crippen LogP contribution in [0.15, 0.2) is 11.1 Å². The Kier molecular flexibility index (Phi) is 2.25. The van der Waals surface area contributed by atoms with Crippen LogP contribution in [0, 0.1) is 28.6 Å². The zero-order valence-electron chi connectivity index (χ0n) is 15.5. The highest BCUT2D eigenvalue weighted by Crippen LogP contribution is 2.80. The third kappa shape index (κ3) is 1.35. The minimum atomic E-state index is -0.354. The third-order valence-corrected chi connectivity index (χ3v) is 9.13. The number of carbonyl (C=O) groups excluding carboxylic acids is 2. The summed E-state index contributed by atoms with van der Waals surface area (Å²) >= 11 is 0. The largest absolute Gasteiger partial charge is 0.451 e. The van der Waals surface area contributed by atoms with E-state index in [2.05, 4.69) is 20.8 Å². The topological polar surface area (TPSA) is 55.9 Å². The molecule has 0 aromatic rings. The first-order chi connectivity index (χ1) is 11.7. The molecular formula is C21H26O4. The number of ether oxygens (including phenoxy) is 2. The van der Waals surface area contributed by atoms with Gasteiger partial charge in [0.25, 0.3) is 0 Å². The van der Waals surface area contributed by atoms with Crippen molar-refractivity contribution in [2.45, 2.75) is 77.1 Å². The molecule has 0 aromatic carbocycles. The molecule has 7 atom stereocenters. The lowest BCUT2D eigenvalue weighted by Gasteiger charge is -2.59.